The number of para-hydroxylation sites is 1. The molecule has 2 aliphatic heterocycles. The Labute approximate surface area is 179 Å². The van der Waals surface area contributed by atoms with Crippen LogP contribution >= 0.6 is 23.2 Å². The number of benzene rings is 1. The highest BCUT2D eigenvalue weighted by Gasteiger charge is 2.40. The van der Waals surface area contributed by atoms with E-state index >= 15 is 0 Å². The minimum Gasteiger partial charge on any atom is -0.349 e. The Hall–Kier alpha value is -2.35. The quantitative estimate of drug-likeness (QED) is 0.726. The molecular weight excluding hydrogens is 413 g/mol. The molecule has 2 saturated heterocycles. The van der Waals surface area contributed by atoms with E-state index in [2.05, 4.69) is 20.5 Å². The Morgan fingerprint density at radius 3 is 2.69 bits per heavy atom. The largest absolute Gasteiger partial charge is 0.349 e. The summed E-state index contributed by atoms with van der Waals surface area (Å²) in [4.78, 5) is 33.5. The van der Waals surface area contributed by atoms with Crippen molar-refractivity contribution in [3.63, 3.8) is 0 Å². The smallest absolute Gasteiger partial charge is 0.322 e. The molecule has 0 radical (unpaired) electrons. The van der Waals surface area contributed by atoms with Crippen LogP contribution in [0.2, 0.25) is 10.2 Å². The monoisotopic (exact) mass is 433 g/mol. The predicted molar refractivity (Wildman–Crippen MR) is 113 cm³/mol. The van der Waals surface area contributed by atoms with Crippen LogP contribution in [0.5, 0.6) is 0 Å². The molecule has 3 heterocycles. The zero-order valence-electron chi connectivity index (χ0n) is 15.6. The van der Waals surface area contributed by atoms with Crippen LogP contribution in [0.25, 0.3) is 0 Å². The second-order valence-electron chi connectivity index (χ2n) is 7.21. The maximum absolute atomic E-state index is 12.8. The van der Waals surface area contributed by atoms with E-state index in [0.717, 1.165) is 25.2 Å². The third kappa shape index (κ3) is 4.47. The van der Waals surface area contributed by atoms with Crippen LogP contribution in [0, 0.1) is 0 Å². The number of fused-ring (bicyclic) bond motifs is 2. The molecule has 9 heteroatoms. The van der Waals surface area contributed by atoms with E-state index in [1.54, 1.807) is 6.07 Å². The number of nitrogens with one attached hydrogen (secondary N) is 2. The van der Waals surface area contributed by atoms with E-state index in [1.807, 2.05) is 35.2 Å². The van der Waals surface area contributed by atoms with Crippen LogP contribution in [0.1, 0.15) is 16.9 Å². The molecule has 152 valence electrons. The van der Waals surface area contributed by atoms with Crippen LogP contribution in [0.15, 0.2) is 42.5 Å². The molecule has 1 unspecified atom stereocenters. The molecule has 2 bridgehead atoms. The standard InChI is InChI=1S/C20H21Cl2N5O2/c21-16-6-7-17(22)25-18(16)19(28)23-10-15-12-27(14-8-9-26(15)11-14)20(29)24-13-4-2-1-3-5-13/h1-7,14-15H,8-12H2,(H,23,28)(H,24,29)/t14-,15+/m0/s1. The van der Waals surface area contributed by atoms with Gasteiger partial charge in [-0.25, -0.2) is 9.78 Å². The number of aromatic nitrogens is 1. The molecule has 29 heavy (non-hydrogen) atoms. The highest BCUT2D eigenvalue weighted by molar-refractivity contribution is 6.34. The Kier molecular flexibility index (Phi) is 5.89. The average Bonchev–Trinajstić information content (AvgIpc) is 3.13. The van der Waals surface area contributed by atoms with Gasteiger partial charge in [-0.15, -0.1) is 0 Å². The second kappa shape index (κ2) is 8.57. The fourth-order valence-electron chi connectivity index (χ4n) is 3.88. The van der Waals surface area contributed by atoms with Crippen molar-refractivity contribution in [2.24, 2.45) is 0 Å². The summed E-state index contributed by atoms with van der Waals surface area (Å²) in [7, 11) is 0. The first-order valence-corrected chi connectivity index (χ1v) is 10.2. The van der Waals surface area contributed by atoms with Crippen molar-refractivity contribution in [1.82, 2.24) is 20.1 Å². The number of hydrogen-bond acceptors (Lipinski definition) is 4. The number of pyridine rings is 1. The van der Waals surface area contributed by atoms with Gasteiger partial charge in [-0.1, -0.05) is 41.4 Å². The van der Waals surface area contributed by atoms with E-state index in [9.17, 15) is 9.59 Å². The first-order valence-electron chi connectivity index (χ1n) is 9.48. The van der Waals surface area contributed by atoms with E-state index in [0.29, 0.717) is 13.1 Å². The van der Waals surface area contributed by atoms with Crippen LogP contribution in [0.4, 0.5) is 10.5 Å². The van der Waals surface area contributed by atoms with Gasteiger partial charge in [0.25, 0.3) is 5.91 Å². The van der Waals surface area contributed by atoms with Gasteiger partial charge in [0.2, 0.25) is 0 Å². The van der Waals surface area contributed by atoms with E-state index in [-0.39, 0.29) is 39.9 Å². The Morgan fingerprint density at radius 1 is 1.10 bits per heavy atom. The molecule has 3 atom stereocenters. The maximum atomic E-state index is 12.8. The summed E-state index contributed by atoms with van der Waals surface area (Å²) < 4.78 is 0. The van der Waals surface area contributed by atoms with E-state index in [1.165, 1.54) is 6.07 Å². The van der Waals surface area contributed by atoms with Gasteiger partial charge in [-0.2, -0.15) is 0 Å². The molecule has 0 saturated carbocycles. The number of piperazine rings is 1. The SMILES string of the molecule is O=C(NC[C@@H]1CN(C(=O)Nc2ccccc2)[C@H]2CCN1C2)c1nc(Cl)ccc1Cl. The molecule has 1 aromatic carbocycles. The van der Waals surface area contributed by atoms with Crippen LogP contribution in [-0.4, -0.2) is 65.0 Å². The number of amides is 3. The highest BCUT2D eigenvalue weighted by atomic mass is 35.5. The average molecular weight is 434 g/mol. The molecule has 4 rings (SSSR count). The summed E-state index contributed by atoms with van der Waals surface area (Å²) in [5, 5.41) is 6.30. The zero-order chi connectivity index (χ0) is 20.4. The lowest BCUT2D eigenvalue weighted by atomic mass is 10.1. The molecule has 7 nitrogen and oxygen atoms in total. The molecule has 0 spiro atoms. The third-order valence-electron chi connectivity index (χ3n) is 5.37. The van der Waals surface area contributed by atoms with Crippen molar-refractivity contribution in [3.8, 4) is 0 Å². The van der Waals surface area contributed by atoms with Gasteiger partial charge >= 0.3 is 6.03 Å². The lowest BCUT2D eigenvalue weighted by Gasteiger charge is -2.40. The van der Waals surface area contributed by atoms with E-state index in [4.69, 9.17) is 23.2 Å². The molecule has 2 N–H and O–H groups in total. The Bertz CT molecular complexity index is 911. The van der Waals surface area contributed by atoms with Crippen molar-refractivity contribution >= 4 is 40.8 Å². The number of carbonyl (C=O) groups is 2. The van der Waals surface area contributed by atoms with Crippen molar-refractivity contribution < 1.29 is 9.59 Å². The molecule has 1 aromatic heterocycles. The number of rotatable bonds is 4. The normalized spacial score (nSPS) is 23.0. The van der Waals surface area contributed by atoms with Gasteiger partial charge in [-0.05, 0) is 30.7 Å². The van der Waals surface area contributed by atoms with Crippen LogP contribution in [-0.2, 0) is 0 Å². The number of halogens is 2. The number of hydrogen-bond donors (Lipinski definition) is 2. The molecule has 0 aliphatic carbocycles. The van der Waals surface area contributed by atoms with Gasteiger partial charge in [0.05, 0.1) is 5.02 Å². The summed E-state index contributed by atoms with van der Waals surface area (Å²) in [6.07, 6.45) is 0.925. The third-order valence-corrected chi connectivity index (χ3v) is 5.89. The Morgan fingerprint density at radius 2 is 1.90 bits per heavy atom. The number of nitrogens with zero attached hydrogens (tertiary/aromatic N) is 3. The van der Waals surface area contributed by atoms with Gasteiger partial charge in [0.15, 0.2) is 0 Å². The molecular formula is C20H21Cl2N5O2. The topological polar surface area (TPSA) is 77.6 Å². The molecule has 2 aliphatic rings. The minimum atomic E-state index is -0.376. The summed E-state index contributed by atoms with van der Waals surface area (Å²) >= 11 is 11.9. The number of anilines is 1. The molecule has 3 amide bonds. The van der Waals surface area contributed by atoms with Gasteiger partial charge in [-0.3, -0.25) is 9.69 Å². The van der Waals surface area contributed by atoms with Crippen LogP contribution in [0.3, 0.4) is 0 Å². The van der Waals surface area contributed by atoms with Crippen molar-refractivity contribution in [1.29, 1.82) is 0 Å². The first-order chi connectivity index (χ1) is 14.0. The fraction of sp³-hybridized carbons (Fsp3) is 0.350. The van der Waals surface area contributed by atoms with Crippen molar-refractivity contribution in [2.75, 3.05) is 31.5 Å². The second-order valence-corrected chi connectivity index (χ2v) is 8.01. The number of urea groups is 1. The summed E-state index contributed by atoms with van der Waals surface area (Å²) in [6, 6.07) is 12.6. The fourth-order valence-corrected chi connectivity index (χ4v) is 4.22. The molecule has 2 aromatic rings. The summed E-state index contributed by atoms with van der Waals surface area (Å²) in [5.74, 6) is -0.376. The van der Waals surface area contributed by atoms with Gasteiger partial charge in [0, 0.05) is 44.0 Å². The maximum Gasteiger partial charge on any atom is 0.322 e. The Balaban J connectivity index is 1.40. The zero-order valence-corrected chi connectivity index (χ0v) is 17.2. The highest BCUT2D eigenvalue weighted by Crippen LogP contribution is 2.25. The summed E-state index contributed by atoms with van der Waals surface area (Å²) in [5.41, 5.74) is 0.873. The summed E-state index contributed by atoms with van der Waals surface area (Å²) in [6.45, 7) is 2.64. The minimum absolute atomic E-state index is 0.0252. The lowest BCUT2D eigenvalue weighted by molar-refractivity contribution is 0.0879. The first kappa shape index (κ1) is 19.9. The van der Waals surface area contributed by atoms with Crippen LogP contribution < -0.4 is 10.6 Å². The van der Waals surface area contributed by atoms with E-state index < -0.39 is 0 Å². The lowest BCUT2D eigenvalue weighted by Crippen LogP contribution is -2.58. The number of carbonyl (C=O) groups excluding carboxylic acids is 2. The molecule has 2 fully saturated rings. The van der Waals surface area contributed by atoms with Gasteiger partial charge in [0.1, 0.15) is 10.8 Å². The van der Waals surface area contributed by atoms with Gasteiger partial charge < -0.3 is 15.5 Å². The predicted octanol–water partition coefficient (Wildman–Crippen LogP) is 3.11. The van der Waals surface area contributed by atoms with Crippen molar-refractivity contribution in [3.05, 3.63) is 58.3 Å². The van der Waals surface area contributed by atoms with Crippen molar-refractivity contribution in [2.45, 2.75) is 18.5 Å².